The number of ether oxygens (including phenoxy) is 1. The Hall–Kier alpha value is -3.15. The van der Waals surface area contributed by atoms with Crippen LogP contribution in [0.15, 0.2) is 48.5 Å². The molecule has 0 saturated heterocycles. The van der Waals surface area contributed by atoms with Crippen LogP contribution in [0, 0.1) is 6.92 Å². The number of hydrogen-bond acceptors (Lipinski definition) is 4. The first-order chi connectivity index (χ1) is 12.4. The number of hydrogen-bond donors (Lipinski definition) is 1. The maximum atomic E-state index is 12.2. The number of nitrogens with zero attached hydrogens (tertiary/aromatic N) is 1. The van der Waals surface area contributed by atoms with Crippen molar-refractivity contribution in [1.29, 1.82) is 0 Å². The summed E-state index contributed by atoms with van der Waals surface area (Å²) in [6.45, 7) is 3.54. The SMILES string of the molecule is COC(=O)c1cccc(N(CCC(=O)Nc2ccccc2C)C(C)=O)c1. The van der Waals surface area contributed by atoms with Gasteiger partial charge in [0.15, 0.2) is 0 Å². The van der Waals surface area contributed by atoms with E-state index in [1.807, 2.05) is 31.2 Å². The molecule has 0 bridgehead atoms. The van der Waals surface area contributed by atoms with Gasteiger partial charge in [0.05, 0.1) is 12.7 Å². The number of aryl methyl sites for hydroxylation is 1. The molecule has 0 spiro atoms. The van der Waals surface area contributed by atoms with Gasteiger partial charge >= 0.3 is 5.97 Å². The van der Waals surface area contributed by atoms with Crippen molar-refractivity contribution < 1.29 is 19.1 Å². The molecule has 0 aromatic heterocycles. The van der Waals surface area contributed by atoms with E-state index < -0.39 is 5.97 Å². The fraction of sp³-hybridized carbons (Fsp3) is 0.250. The Kier molecular flexibility index (Phi) is 6.49. The van der Waals surface area contributed by atoms with Crippen LogP contribution in [0.2, 0.25) is 0 Å². The Morgan fingerprint density at radius 3 is 2.46 bits per heavy atom. The maximum Gasteiger partial charge on any atom is 0.337 e. The summed E-state index contributed by atoms with van der Waals surface area (Å²) in [4.78, 5) is 37.4. The topological polar surface area (TPSA) is 75.7 Å². The van der Waals surface area contributed by atoms with Crippen molar-refractivity contribution in [3.63, 3.8) is 0 Å². The number of esters is 1. The van der Waals surface area contributed by atoms with Crippen molar-refractivity contribution in [2.45, 2.75) is 20.3 Å². The predicted molar refractivity (Wildman–Crippen MR) is 100 cm³/mol. The Balaban J connectivity index is 2.07. The summed E-state index contributed by atoms with van der Waals surface area (Å²) >= 11 is 0. The highest BCUT2D eigenvalue weighted by molar-refractivity contribution is 5.96. The quantitative estimate of drug-likeness (QED) is 0.809. The molecule has 1 N–H and O–H groups in total. The molecule has 2 aromatic carbocycles. The second kappa shape index (κ2) is 8.80. The van der Waals surface area contributed by atoms with E-state index in [2.05, 4.69) is 5.32 Å². The molecule has 0 atom stereocenters. The third kappa shape index (κ3) is 4.92. The summed E-state index contributed by atoms with van der Waals surface area (Å²) in [6, 6.07) is 14.1. The molecule has 0 aliphatic heterocycles. The second-order valence-electron chi connectivity index (χ2n) is 5.83. The van der Waals surface area contributed by atoms with Gasteiger partial charge < -0.3 is 15.0 Å². The van der Waals surface area contributed by atoms with E-state index in [0.29, 0.717) is 11.3 Å². The lowest BCUT2D eigenvalue weighted by Crippen LogP contribution is -2.32. The van der Waals surface area contributed by atoms with Gasteiger partial charge in [-0.1, -0.05) is 24.3 Å². The Labute approximate surface area is 152 Å². The Bertz CT molecular complexity index is 817. The van der Waals surface area contributed by atoms with Crippen molar-refractivity contribution >= 4 is 29.2 Å². The van der Waals surface area contributed by atoms with Gasteiger partial charge in [-0.3, -0.25) is 9.59 Å². The zero-order valence-electron chi connectivity index (χ0n) is 15.1. The van der Waals surface area contributed by atoms with Gasteiger partial charge in [-0.15, -0.1) is 0 Å². The highest BCUT2D eigenvalue weighted by Gasteiger charge is 2.16. The summed E-state index contributed by atoms with van der Waals surface area (Å²) in [7, 11) is 1.30. The molecule has 0 aliphatic carbocycles. The molecule has 6 heteroatoms. The minimum atomic E-state index is -0.479. The third-order valence-electron chi connectivity index (χ3n) is 3.94. The standard InChI is InChI=1S/C20H22N2O4/c1-14-7-4-5-10-18(14)21-19(24)11-12-22(15(2)23)17-9-6-8-16(13-17)20(25)26-3/h4-10,13H,11-12H2,1-3H3,(H,21,24). The molecule has 2 rings (SSSR count). The van der Waals surface area contributed by atoms with Gasteiger partial charge in [-0.2, -0.15) is 0 Å². The van der Waals surface area contributed by atoms with Crippen molar-refractivity contribution in [3.05, 3.63) is 59.7 Å². The number of para-hydroxylation sites is 1. The molecule has 2 aromatic rings. The second-order valence-corrected chi connectivity index (χ2v) is 5.83. The number of anilines is 2. The van der Waals surface area contributed by atoms with Crippen molar-refractivity contribution in [2.24, 2.45) is 0 Å². The van der Waals surface area contributed by atoms with Crippen LogP contribution >= 0.6 is 0 Å². The first-order valence-electron chi connectivity index (χ1n) is 8.24. The van der Waals surface area contributed by atoms with E-state index in [4.69, 9.17) is 4.74 Å². The fourth-order valence-corrected chi connectivity index (χ4v) is 2.53. The average molecular weight is 354 g/mol. The van der Waals surface area contributed by atoms with Crippen molar-refractivity contribution in [3.8, 4) is 0 Å². The molecule has 0 aliphatic rings. The largest absolute Gasteiger partial charge is 0.465 e. The molecule has 136 valence electrons. The summed E-state index contributed by atoms with van der Waals surface area (Å²) in [6.07, 6.45) is 0.135. The number of nitrogens with one attached hydrogen (secondary N) is 1. The maximum absolute atomic E-state index is 12.2. The molecule has 0 radical (unpaired) electrons. The van der Waals surface area contributed by atoms with Crippen molar-refractivity contribution in [2.75, 3.05) is 23.9 Å². The molecule has 6 nitrogen and oxygen atoms in total. The lowest BCUT2D eigenvalue weighted by molar-refractivity contribution is -0.117. The van der Waals surface area contributed by atoms with E-state index in [1.165, 1.54) is 18.9 Å². The fourth-order valence-electron chi connectivity index (χ4n) is 2.53. The van der Waals surface area contributed by atoms with Gasteiger partial charge in [0.25, 0.3) is 0 Å². The molecule has 2 amide bonds. The van der Waals surface area contributed by atoms with E-state index >= 15 is 0 Å². The van der Waals surface area contributed by atoms with Crippen LogP contribution in [0.3, 0.4) is 0 Å². The monoisotopic (exact) mass is 354 g/mol. The molecule has 0 saturated carbocycles. The summed E-state index contributed by atoms with van der Waals surface area (Å²) in [5.74, 6) is -0.877. The third-order valence-corrected chi connectivity index (χ3v) is 3.94. The Morgan fingerprint density at radius 2 is 1.81 bits per heavy atom. The zero-order chi connectivity index (χ0) is 19.1. The lowest BCUT2D eigenvalue weighted by Gasteiger charge is -2.21. The van der Waals surface area contributed by atoms with Crippen LogP contribution in [-0.4, -0.2) is 31.4 Å². The normalized spacial score (nSPS) is 10.1. The predicted octanol–water partition coefficient (Wildman–Crippen LogP) is 3.16. The van der Waals surface area contributed by atoms with Crippen molar-refractivity contribution in [1.82, 2.24) is 0 Å². The van der Waals surface area contributed by atoms with Gasteiger partial charge in [-0.25, -0.2) is 4.79 Å². The van der Waals surface area contributed by atoms with E-state index in [9.17, 15) is 14.4 Å². The summed E-state index contributed by atoms with van der Waals surface area (Å²) in [5.41, 5.74) is 2.61. The minimum Gasteiger partial charge on any atom is -0.465 e. The van der Waals surface area contributed by atoms with Crippen LogP contribution in [-0.2, 0) is 14.3 Å². The van der Waals surface area contributed by atoms with Gasteiger partial charge in [0.2, 0.25) is 11.8 Å². The van der Waals surface area contributed by atoms with Crippen LogP contribution in [0.1, 0.15) is 29.3 Å². The van der Waals surface area contributed by atoms with Crippen LogP contribution in [0.4, 0.5) is 11.4 Å². The average Bonchev–Trinajstić information content (AvgIpc) is 2.63. The molecule has 26 heavy (non-hydrogen) atoms. The zero-order valence-corrected chi connectivity index (χ0v) is 15.1. The number of carbonyl (C=O) groups excluding carboxylic acids is 3. The first kappa shape index (κ1) is 19.2. The van der Waals surface area contributed by atoms with E-state index in [-0.39, 0.29) is 24.8 Å². The summed E-state index contributed by atoms with van der Waals surface area (Å²) < 4.78 is 4.70. The lowest BCUT2D eigenvalue weighted by atomic mass is 10.1. The van der Waals surface area contributed by atoms with E-state index in [1.54, 1.807) is 24.3 Å². The van der Waals surface area contributed by atoms with Gasteiger partial charge in [0.1, 0.15) is 0 Å². The molecule has 0 heterocycles. The van der Waals surface area contributed by atoms with Gasteiger partial charge in [0, 0.05) is 31.3 Å². The minimum absolute atomic E-state index is 0.135. The first-order valence-corrected chi connectivity index (χ1v) is 8.24. The number of methoxy groups -OCH3 is 1. The molecular formula is C20H22N2O4. The number of rotatable bonds is 6. The Morgan fingerprint density at radius 1 is 1.08 bits per heavy atom. The highest BCUT2D eigenvalue weighted by Crippen LogP contribution is 2.18. The number of benzene rings is 2. The number of amides is 2. The molecule has 0 unspecified atom stereocenters. The molecule has 0 fully saturated rings. The summed E-state index contributed by atoms with van der Waals surface area (Å²) in [5, 5.41) is 2.84. The van der Waals surface area contributed by atoms with Crippen LogP contribution < -0.4 is 10.2 Å². The van der Waals surface area contributed by atoms with E-state index in [0.717, 1.165) is 11.3 Å². The van der Waals surface area contributed by atoms with Crippen LogP contribution in [0.25, 0.3) is 0 Å². The number of carbonyl (C=O) groups is 3. The molecular weight excluding hydrogens is 332 g/mol. The highest BCUT2D eigenvalue weighted by atomic mass is 16.5. The smallest absolute Gasteiger partial charge is 0.337 e. The van der Waals surface area contributed by atoms with Gasteiger partial charge in [-0.05, 0) is 36.8 Å². The van der Waals surface area contributed by atoms with Crippen LogP contribution in [0.5, 0.6) is 0 Å².